The Kier molecular flexibility index (Phi) is 5.99. The molecule has 2 rings (SSSR count). The van der Waals surface area contributed by atoms with Gasteiger partial charge in [-0.15, -0.1) is 0 Å². The largest absolute Gasteiger partial charge is 0.493 e. The van der Waals surface area contributed by atoms with Crippen LogP contribution in [0.15, 0.2) is 24.5 Å². The Labute approximate surface area is 149 Å². The van der Waals surface area contributed by atoms with Gasteiger partial charge in [-0.05, 0) is 13.0 Å². The first-order chi connectivity index (χ1) is 12.4. The van der Waals surface area contributed by atoms with Crippen LogP contribution >= 0.6 is 0 Å². The molecule has 0 aliphatic carbocycles. The minimum absolute atomic E-state index is 0.0443. The molecule has 0 fully saturated rings. The molecule has 140 valence electrons. The maximum absolute atomic E-state index is 12.6. The quantitative estimate of drug-likeness (QED) is 0.559. The van der Waals surface area contributed by atoms with Gasteiger partial charge >= 0.3 is 5.69 Å². The van der Waals surface area contributed by atoms with Crippen molar-refractivity contribution in [2.45, 2.75) is 19.5 Å². The predicted molar refractivity (Wildman–Crippen MR) is 91.9 cm³/mol. The summed E-state index contributed by atoms with van der Waals surface area (Å²) in [6, 6.07) is 2.70. The summed E-state index contributed by atoms with van der Waals surface area (Å²) < 4.78 is 17.1. The number of nitrogens with one attached hydrogen (secondary N) is 1. The molecule has 0 aliphatic heterocycles. The molecule has 0 saturated heterocycles. The Morgan fingerprint density at radius 1 is 1.31 bits per heavy atom. The molecule has 1 atom stereocenters. The molecular weight excluding hydrogens is 344 g/mol. The van der Waals surface area contributed by atoms with Crippen LogP contribution in [0, 0.1) is 10.1 Å². The lowest BCUT2D eigenvalue weighted by Gasteiger charge is -2.17. The first-order valence-electron chi connectivity index (χ1n) is 7.68. The summed E-state index contributed by atoms with van der Waals surface area (Å²) in [7, 11) is 3.95. The third-order valence-electron chi connectivity index (χ3n) is 3.63. The molecule has 0 bridgehead atoms. The lowest BCUT2D eigenvalue weighted by atomic mass is 10.1. The summed E-state index contributed by atoms with van der Waals surface area (Å²) >= 11 is 0. The third-order valence-corrected chi connectivity index (χ3v) is 3.63. The Morgan fingerprint density at radius 2 is 2.00 bits per heavy atom. The standard InChI is InChI=1S/C16H20N4O6/c1-10(9-19-7-5-6-17-19)18-16(21)11-8-12(24-2)14(25-3)15(26-4)13(11)20(22)23/h5-8,10H,9H2,1-4H3,(H,18,21). The summed E-state index contributed by atoms with van der Waals surface area (Å²) in [5.41, 5.74) is -0.675. The third kappa shape index (κ3) is 3.85. The average Bonchev–Trinajstić information content (AvgIpc) is 3.11. The molecule has 10 nitrogen and oxygen atoms in total. The van der Waals surface area contributed by atoms with E-state index in [0.717, 1.165) is 0 Å². The van der Waals surface area contributed by atoms with Crippen molar-refractivity contribution in [3.05, 3.63) is 40.2 Å². The summed E-state index contributed by atoms with van der Waals surface area (Å²) in [5, 5.41) is 18.3. The van der Waals surface area contributed by atoms with Gasteiger partial charge in [0.2, 0.25) is 11.5 Å². The maximum atomic E-state index is 12.6. The number of amides is 1. The number of carbonyl (C=O) groups excluding carboxylic acids is 1. The van der Waals surface area contributed by atoms with Crippen LogP contribution < -0.4 is 19.5 Å². The number of carbonyl (C=O) groups is 1. The highest BCUT2D eigenvalue weighted by atomic mass is 16.6. The molecule has 1 N–H and O–H groups in total. The lowest BCUT2D eigenvalue weighted by molar-refractivity contribution is -0.386. The number of benzene rings is 1. The zero-order chi connectivity index (χ0) is 19.3. The molecular formula is C16H20N4O6. The number of ether oxygens (including phenoxy) is 3. The molecule has 1 heterocycles. The van der Waals surface area contributed by atoms with Gasteiger partial charge in [-0.1, -0.05) is 0 Å². The summed E-state index contributed by atoms with van der Waals surface area (Å²) in [6.07, 6.45) is 3.38. The minimum Gasteiger partial charge on any atom is -0.493 e. The Hall–Kier alpha value is -3.30. The SMILES string of the molecule is COc1cc(C(=O)NC(C)Cn2cccn2)c([N+](=O)[O-])c(OC)c1OC. The summed E-state index contributed by atoms with van der Waals surface area (Å²) in [4.78, 5) is 23.5. The number of nitrogens with zero attached hydrogens (tertiary/aromatic N) is 3. The first-order valence-corrected chi connectivity index (χ1v) is 7.68. The van der Waals surface area contributed by atoms with E-state index in [1.807, 2.05) is 0 Å². The summed E-state index contributed by atoms with van der Waals surface area (Å²) in [5.74, 6) is -0.611. The van der Waals surface area contributed by atoms with E-state index in [-0.39, 0.29) is 28.9 Å². The normalized spacial score (nSPS) is 11.5. The highest BCUT2D eigenvalue weighted by Crippen LogP contribution is 2.46. The number of nitro groups is 1. The first kappa shape index (κ1) is 19.0. The van der Waals surface area contributed by atoms with Crippen LogP contribution in [-0.4, -0.2) is 48.0 Å². The highest BCUT2D eigenvalue weighted by Gasteiger charge is 2.32. The van der Waals surface area contributed by atoms with Gasteiger partial charge in [0, 0.05) is 24.5 Å². The van der Waals surface area contributed by atoms with Crippen molar-refractivity contribution >= 4 is 11.6 Å². The fourth-order valence-electron chi connectivity index (χ4n) is 2.53. The van der Waals surface area contributed by atoms with E-state index in [0.29, 0.717) is 6.54 Å². The molecule has 1 aromatic heterocycles. The molecule has 1 unspecified atom stereocenters. The number of rotatable bonds is 8. The van der Waals surface area contributed by atoms with Crippen LogP contribution in [0.1, 0.15) is 17.3 Å². The molecule has 0 saturated carbocycles. The zero-order valence-electron chi connectivity index (χ0n) is 14.9. The number of hydrogen-bond donors (Lipinski definition) is 1. The van der Waals surface area contributed by atoms with E-state index in [4.69, 9.17) is 14.2 Å². The van der Waals surface area contributed by atoms with E-state index in [2.05, 4.69) is 10.4 Å². The average molecular weight is 364 g/mol. The van der Waals surface area contributed by atoms with Crippen molar-refractivity contribution in [1.29, 1.82) is 0 Å². The van der Waals surface area contributed by atoms with Gasteiger partial charge < -0.3 is 19.5 Å². The van der Waals surface area contributed by atoms with Crippen LogP contribution in [0.2, 0.25) is 0 Å². The second kappa shape index (κ2) is 8.19. The van der Waals surface area contributed by atoms with Gasteiger partial charge in [-0.2, -0.15) is 5.10 Å². The second-order valence-corrected chi connectivity index (χ2v) is 5.40. The van der Waals surface area contributed by atoms with Gasteiger partial charge in [0.25, 0.3) is 5.91 Å². The summed E-state index contributed by atoms with van der Waals surface area (Å²) in [6.45, 7) is 2.18. The predicted octanol–water partition coefficient (Wildman–Crippen LogP) is 1.64. The number of aromatic nitrogens is 2. The van der Waals surface area contributed by atoms with E-state index in [1.165, 1.54) is 27.4 Å². The number of hydrogen-bond acceptors (Lipinski definition) is 7. The molecule has 0 aliphatic rings. The lowest BCUT2D eigenvalue weighted by Crippen LogP contribution is -2.36. The molecule has 26 heavy (non-hydrogen) atoms. The van der Waals surface area contributed by atoms with Gasteiger partial charge in [0.15, 0.2) is 5.75 Å². The van der Waals surface area contributed by atoms with Crippen LogP contribution in [0.3, 0.4) is 0 Å². The van der Waals surface area contributed by atoms with Crippen LogP contribution in [0.25, 0.3) is 0 Å². The van der Waals surface area contributed by atoms with Crippen molar-refractivity contribution in [1.82, 2.24) is 15.1 Å². The van der Waals surface area contributed by atoms with Gasteiger partial charge in [-0.25, -0.2) is 0 Å². The van der Waals surface area contributed by atoms with Crippen LogP contribution in [-0.2, 0) is 6.54 Å². The molecule has 10 heteroatoms. The van der Waals surface area contributed by atoms with Crippen molar-refractivity contribution in [2.75, 3.05) is 21.3 Å². The van der Waals surface area contributed by atoms with Crippen molar-refractivity contribution < 1.29 is 23.9 Å². The highest BCUT2D eigenvalue weighted by molar-refractivity contribution is 6.00. The monoisotopic (exact) mass is 364 g/mol. The molecule has 0 radical (unpaired) electrons. The second-order valence-electron chi connectivity index (χ2n) is 5.40. The maximum Gasteiger partial charge on any atom is 0.327 e. The fourth-order valence-corrected chi connectivity index (χ4v) is 2.53. The van der Waals surface area contributed by atoms with E-state index < -0.39 is 16.5 Å². The molecule has 1 aromatic carbocycles. The van der Waals surface area contributed by atoms with Gasteiger partial charge in [0.1, 0.15) is 5.56 Å². The van der Waals surface area contributed by atoms with E-state index >= 15 is 0 Å². The molecule has 1 amide bonds. The minimum atomic E-state index is -0.687. The van der Waals surface area contributed by atoms with Gasteiger partial charge in [-0.3, -0.25) is 19.6 Å². The van der Waals surface area contributed by atoms with Crippen molar-refractivity contribution in [3.8, 4) is 17.2 Å². The van der Waals surface area contributed by atoms with Crippen LogP contribution in [0.4, 0.5) is 5.69 Å². The Morgan fingerprint density at radius 3 is 2.50 bits per heavy atom. The van der Waals surface area contributed by atoms with Crippen molar-refractivity contribution in [2.24, 2.45) is 0 Å². The Balaban J connectivity index is 2.39. The zero-order valence-corrected chi connectivity index (χ0v) is 14.9. The Bertz CT molecular complexity index is 791. The van der Waals surface area contributed by atoms with E-state index in [9.17, 15) is 14.9 Å². The topological polar surface area (TPSA) is 118 Å². The number of methoxy groups -OCH3 is 3. The molecule has 0 spiro atoms. The molecule has 2 aromatic rings. The van der Waals surface area contributed by atoms with Gasteiger partial charge in [0.05, 0.1) is 32.8 Å². The van der Waals surface area contributed by atoms with Crippen LogP contribution in [0.5, 0.6) is 17.2 Å². The van der Waals surface area contributed by atoms with E-state index in [1.54, 1.807) is 30.1 Å². The number of nitro benzene ring substituents is 1. The fraction of sp³-hybridized carbons (Fsp3) is 0.375. The smallest absolute Gasteiger partial charge is 0.327 e. The van der Waals surface area contributed by atoms with Crippen molar-refractivity contribution in [3.63, 3.8) is 0 Å².